The fraction of sp³-hybridized carbons (Fsp3) is 0.278. The molecule has 112 valence electrons. The number of nitrogens with zero attached hydrogens (tertiary/aromatic N) is 1. The van der Waals surface area contributed by atoms with Crippen LogP contribution in [0.3, 0.4) is 0 Å². The largest absolute Gasteiger partial charge is 0.424 e. The van der Waals surface area contributed by atoms with Crippen LogP contribution >= 0.6 is 0 Å². The number of rotatable bonds is 4. The summed E-state index contributed by atoms with van der Waals surface area (Å²) in [6.07, 6.45) is 1.82. The Morgan fingerprint density at radius 2 is 1.77 bits per heavy atom. The standard InChI is InChI=1S/C18H18N2O2/c1-21-18(10-13-6-2-3-7-14(13)11-18)12-19-17-20-15-8-4-5-9-16(15)22-17/h2-9H,10-12H2,1H3,(H,19,20). The van der Waals surface area contributed by atoms with Gasteiger partial charge in [-0.05, 0) is 23.3 Å². The van der Waals surface area contributed by atoms with E-state index < -0.39 is 0 Å². The molecule has 0 spiro atoms. The van der Waals surface area contributed by atoms with Crippen LogP contribution in [0, 0.1) is 0 Å². The maximum absolute atomic E-state index is 5.85. The summed E-state index contributed by atoms with van der Waals surface area (Å²) in [6, 6.07) is 16.8. The lowest BCUT2D eigenvalue weighted by Crippen LogP contribution is -2.40. The van der Waals surface area contributed by atoms with Gasteiger partial charge in [-0.2, -0.15) is 4.98 Å². The molecule has 1 aliphatic carbocycles. The smallest absolute Gasteiger partial charge is 0.295 e. The first-order valence-corrected chi connectivity index (χ1v) is 7.49. The molecular weight excluding hydrogens is 276 g/mol. The van der Waals surface area contributed by atoms with Crippen molar-refractivity contribution < 1.29 is 9.15 Å². The van der Waals surface area contributed by atoms with Gasteiger partial charge in [-0.25, -0.2) is 0 Å². The first-order valence-electron chi connectivity index (χ1n) is 7.49. The van der Waals surface area contributed by atoms with Gasteiger partial charge in [-0.15, -0.1) is 0 Å². The molecule has 0 radical (unpaired) electrons. The lowest BCUT2D eigenvalue weighted by Gasteiger charge is -2.27. The van der Waals surface area contributed by atoms with Crippen LogP contribution in [0.4, 0.5) is 6.01 Å². The van der Waals surface area contributed by atoms with Crippen LogP contribution in [0.5, 0.6) is 0 Å². The van der Waals surface area contributed by atoms with Crippen molar-refractivity contribution in [1.82, 2.24) is 4.98 Å². The van der Waals surface area contributed by atoms with E-state index in [1.807, 2.05) is 24.3 Å². The van der Waals surface area contributed by atoms with Crippen LogP contribution in [0.15, 0.2) is 52.9 Å². The van der Waals surface area contributed by atoms with Crippen molar-refractivity contribution >= 4 is 17.1 Å². The Bertz CT molecular complexity index is 751. The molecule has 0 aliphatic heterocycles. The molecule has 0 saturated heterocycles. The topological polar surface area (TPSA) is 47.3 Å². The summed E-state index contributed by atoms with van der Waals surface area (Å²) < 4.78 is 11.6. The first kappa shape index (κ1) is 13.3. The summed E-state index contributed by atoms with van der Waals surface area (Å²) in [6.45, 7) is 0.672. The maximum Gasteiger partial charge on any atom is 0.295 e. The zero-order valence-corrected chi connectivity index (χ0v) is 12.5. The Balaban J connectivity index is 1.53. The highest BCUT2D eigenvalue weighted by Crippen LogP contribution is 2.33. The minimum atomic E-state index is -0.232. The van der Waals surface area contributed by atoms with E-state index in [4.69, 9.17) is 9.15 Å². The Labute approximate surface area is 129 Å². The number of fused-ring (bicyclic) bond motifs is 2. The summed E-state index contributed by atoms with van der Waals surface area (Å²) in [4.78, 5) is 4.45. The van der Waals surface area contributed by atoms with Crippen molar-refractivity contribution in [3.8, 4) is 0 Å². The summed E-state index contributed by atoms with van der Waals surface area (Å²) in [5, 5.41) is 3.30. The van der Waals surface area contributed by atoms with Gasteiger partial charge in [0.05, 0.1) is 5.60 Å². The number of hydrogen-bond acceptors (Lipinski definition) is 4. The van der Waals surface area contributed by atoms with E-state index >= 15 is 0 Å². The number of anilines is 1. The van der Waals surface area contributed by atoms with Crippen molar-refractivity contribution in [2.75, 3.05) is 19.0 Å². The lowest BCUT2D eigenvalue weighted by atomic mass is 10.0. The number of ether oxygens (including phenoxy) is 1. The van der Waals surface area contributed by atoms with Crippen LogP contribution in [0.2, 0.25) is 0 Å². The average molecular weight is 294 g/mol. The summed E-state index contributed by atoms with van der Waals surface area (Å²) in [7, 11) is 1.78. The van der Waals surface area contributed by atoms with E-state index in [2.05, 4.69) is 34.6 Å². The number of para-hydroxylation sites is 2. The molecule has 0 atom stereocenters. The minimum Gasteiger partial charge on any atom is -0.424 e. The third-order valence-corrected chi connectivity index (χ3v) is 4.43. The second-order valence-electron chi connectivity index (χ2n) is 5.85. The Morgan fingerprint density at radius 3 is 2.45 bits per heavy atom. The molecular formula is C18H18N2O2. The predicted octanol–water partition coefficient (Wildman–Crippen LogP) is 3.42. The van der Waals surface area contributed by atoms with Crippen LogP contribution in [-0.4, -0.2) is 24.2 Å². The molecule has 1 N–H and O–H groups in total. The predicted molar refractivity (Wildman–Crippen MR) is 86.1 cm³/mol. The second-order valence-corrected chi connectivity index (χ2v) is 5.85. The van der Waals surface area contributed by atoms with Gasteiger partial charge in [-0.3, -0.25) is 0 Å². The van der Waals surface area contributed by atoms with Gasteiger partial charge >= 0.3 is 0 Å². The zero-order valence-electron chi connectivity index (χ0n) is 12.5. The minimum absolute atomic E-state index is 0.232. The summed E-state index contributed by atoms with van der Waals surface area (Å²) in [5.74, 6) is 0. The number of nitrogens with one attached hydrogen (secondary N) is 1. The molecule has 2 aromatic carbocycles. The lowest BCUT2D eigenvalue weighted by molar-refractivity contribution is 0.00998. The fourth-order valence-corrected chi connectivity index (χ4v) is 3.19. The van der Waals surface area contributed by atoms with Crippen LogP contribution in [0.1, 0.15) is 11.1 Å². The van der Waals surface area contributed by atoms with Gasteiger partial charge in [0.2, 0.25) is 0 Å². The van der Waals surface area contributed by atoms with E-state index in [1.165, 1.54) is 11.1 Å². The molecule has 1 aliphatic rings. The number of oxazole rings is 1. The van der Waals surface area contributed by atoms with Crippen molar-refractivity contribution in [2.24, 2.45) is 0 Å². The van der Waals surface area contributed by atoms with E-state index in [0.29, 0.717) is 12.6 Å². The van der Waals surface area contributed by atoms with Gasteiger partial charge in [-0.1, -0.05) is 36.4 Å². The molecule has 1 heterocycles. The molecule has 0 saturated carbocycles. The van der Waals surface area contributed by atoms with Gasteiger partial charge in [0.1, 0.15) is 5.52 Å². The molecule has 3 aromatic rings. The van der Waals surface area contributed by atoms with Crippen LogP contribution < -0.4 is 5.32 Å². The van der Waals surface area contributed by atoms with E-state index in [9.17, 15) is 0 Å². The monoisotopic (exact) mass is 294 g/mol. The van der Waals surface area contributed by atoms with Crippen molar-refractivity contribution in [1.29, 1.82) is 0 Å². The molecule has 0 amide bonds. The third-order valence-electron chi connectivity index (χ3n) is 4.43. The number of methoxy groups -OCH3 is 1. The maximum atomic E-state index is 5.85. The third kappa shape index (κ3) is 2.25. The average Bonchev–Trinajstić information content (AvgIpc) is 3.14. The number of hydrogen-bond donors (Lipinski definition) is 1. The quantitative estimate of drug-likeness (QED) is 0.801. The highest BCUT2D eigenvalue weighted by molar-refractivity contribution is 5.74. The highest BCUT2D eigenvalue weighted by atomic mass is 16.5. The van der Waals surface area contributed by atoms with Gasteiger partial charge in [0.15, 0.2) is 5.58 Å². The number of benzene rings is 2. The van der Waals surface area contributed by atoms with E-state index in [1.54, 1.807) is 7.11 Å². The van der Waals surface area contributed by atoms with E-state index in [-0.39, 0.29) is 5.60 Å². The van der Waals surface area contributed by atoms with Crippen molar-refractivity contribution in [2.45, 2.75) is 18.4 Å². The first-order chi connectivity index (χ1) is 10.8. The SMILES string of the molecule is COC1(CNc2nc3ccccc3o2)Cc2ccccc2C1. The normalized spacial score (nSPS) is 15.9. The molecule has 1 aromatic heterocycles. The zero-order chi connectivity index (χ0) is 15.0. The van der Waals surface area contributed by atoms with Gasteiger partial charge in [0, 0.05) is 26.5 Å². The van der Waals surface area contributed by atoms with Gasteiger partial charge in [0.25, 0.3) is 6.01 Å². The fourth-order valence-electron chi connectivity index (χ4n) is 3.19. The summed E-state index contributed by atoms with van der Waals surface area (Å²) >= 11 is 0. The molecule has 0 fully saturated rings. The molecule has 4 nitrogen and oxygen atoms in total. The van der Waals surface area contributed by atoms with Gasteiger partial charge < -0.3 is 14.5 Å². The van der Waals surface area contributed by atoms with Crippen LogP contribution in [-0.2, 0) is 17.6 Å². The Morgan fingerprint density at radius 1 is 1.09 bits per heavy atom. The Kier molecular flexibility index (Phi) is 3.12. The van der Waals surface area contributed by atoms with E-state index in [0.717, 1.165) is 23.9 Å². The molecule has 4 heteroatoms. The number of aromatic nitrogens is 1. The van der Waals surface area contributed by atoms with Crippen molar-refractivity contribution in [3.05, 3.63) is 59.7 Å². The summed E-state index contributed by atoms with van der Waals surface area (Å²) in [5.41, 5.74) is 4.16. The molecule has 22 heavy (non-hydrogen) atoms. The molecule has 4 rings (SSSR count). The molecule has 0 bridgehead atoms. The van der Waals surface area contributed by atoms with Crippen LogP contribution in [0.25, 0.3) is 11.1 Å². The second kappa shape index (κ2) is 5.14. The van der Waals surface area contributed by atoms with Crippen molar-refractivity contribution in [3.63, 3.8) is 0 Å². The Hall–Kier alpha value is -2.33. The molecule has 0 unspecified atom stereocenters. The highest BCUT2D eigenvalue weighted by Gasteiger charge is 2.37.